The molecule has 0 aliphatic heterocycles. The van der Waals surface area contributed by atoms with Crippen molar-refractivity contribution in [2.75, 3.05) is 0 Å². The largest absolute Gasteiger partial charge is 0.360 e. The molecule has 2 nitrogen and oxygen atoms in total. The van der Waals surface area contributed by atoms with Crippen molar-refractivity contribution in [2.45, 2.75) is 59.3 Å². The number of rotatable bonds is 0. The first-order chi connectivity index (χ1) is 6.14. The maximum atomic E-state index is 5.44. The zero-order chi connectivity index (χ0) is 11.1. The summed E-state index contributed by atoms with van der Waals surface area (Å²) in [7, 11) is 0. The van der Waals surface area contributed by atoms with Crippen molar-refractivity contribution in [3.05, 3.63) is 17.0 Å². The standard InChI is InChI=1S/C12H21NO/c1-8-9(11(2,3)4)13-14-10(8)12(5,6)7/h1-7H3. The van der Waals surface area contributed by atoms with Crippen LogP contribution in [-0.2, 0) is 10.8 Å². The lowest BCUT2D eigenvalue weighted by molar-refractivity contribution is 0.318. The van der Waals surface area contributed by atoms with Gasteiger partial charge >= 0.3 is 0 Å². The maximum Gasteiger partial charge on any atom is 0.145 e. The van der Waals surface area contributed by atoms with E-state index in [1.807, 2.05) is 0 Å². The Morgan fingerprint density at radius 2 is 1.43 bits per heavy atom. The lowest BCUT2D eigenvalue weighted by atomic mass is 9.84. The lowest BCUT2D eigenvalue weighted by Crippen LogP contribution is -2.15. The third-order valence-electron chi connectivity index (χ3n) is 2.32. The van der Waals surface area contributed by atoms with Crippen LogP contribution in [0.3, 0.4) is 0 Å². The summed E-state index contributed by atoms with van der Waals surface area (Å²) in [5.74, 6) is 1.00. The van der Waals surface area contributed by atoms with Gasteiger partial charge in [0.1, 0.15) is 5.76 Å². The molecule has 0 fully saturated rings. The van der Waals surface area contributed by atoms with Crippen LogP contribution in [0.5, 0.6) is 0 Å². The van der Waals surface area contributed by atoms with E-state index in [0.29, 0.717) is 0 Å². The van der Waals surface area contributed by atoms with E-state index in [0.717, 1.165) is 11.5 Å². The third kappa shape index (κ3) is 1.99. The summed E-state index contributed by atoms with van der Waals surface area (Å²) in [4.78, 5) is 0. The van der Waals surface area contributed by atoms with Crippen molar-refractivity contribution in [1.29, 1.82) is 0 Å². The molecule has 0 saturated heterocycles. The van der Waals surface area contributed by atoms with Gasteiger partial charge in [-0.25, -0.2) is 0 Å². The number of nitrogens with zero attached hydrogens (tertiary/aromatic N) is 1. The second-order valence-corrected chi connectivity index (χ2v) is 5.99. The molecule has 0 spiro atoms. The van der Waals surface area contributed by atoms with Gasteiger partial charge in [0, 0.05) is 16.4 Å². The molecule has 0 saturated carbocycles. The van der Waals surface area contributed by atoms with E-state index in [1.165, 1.54) is 5.56 Å². The van der Waals surface area contributed by atoms with Gasteiger partial charge in [0.15, 0.2) is 0 Å². The van der Waals surface area contributed by atoms with Gasteiger partial charge in [0.25, 0.3) is 0 Å². The molecular formula is C12H21NO. The van der Waals surface area contributed by atoms with Gasteiger partial charge in [-0.05, 0) is 6.92 Å². The summed E-state index contributed by atoms with van der Waals surface area (Å²) in [6, 6.07) is 0. The minimum absolute atomic E-state index is 0.0422. The van der Waals surface area contributed by atoms with Crippen LogP contribution in [0.2, 0.25) is 0 Å². The van der Waals surface area contributed by atoms with Crippen LogP contribution < -0.4 is 0 Å². The van der Waals surface area contributed by atoms with Crippen LogP contribution in [0.4, 0.5) is 0 Å². The Kier molecular flexibility index (Phi) is 2.51. The van der Waals surface area contributed by atoms with E-state index in [-0.39, 0.29) is 10.8 Å². The zero-order valence-electron chi connectivity index (χ0n) is 10.4. The first-order valence-electron chi connectivity index (χ1n) is 5.11. The number of hydrogen-bond acceptors (Lipinski definition) is 2. The minimum atomic E-state index is 0.0422. The molecule has 0 aliphatic rings. The zero-order valence-corrected chi connectivity index (χ0v) is 10.4. The molecule has 0 amide bonds. The summed E-state index contributed by atoms with van der Waals surface area (Å²) in [5.41, 5.74) is 2.38. The van der Waals surface area contributed by atoms with Crippen molar-refractivity contribution in [2.24, 2.45) is 0 Å². The molecule has 0 bridgehead atoms. The van der Waals surface area contributed by atoms with E-state index in [9.17, 15) is 0 Å². The number of hydrogen-bond donors (Lipinski definition) is 0. The van der Waals surface area contributed by atoms with E-state index in [2.05, 4.69) is 53.6 Å². The van der Waals surface area contributed by atoms with Gasteiger partial charge in [0.2, 0.25) is 0 Å². The molecular weight excluding hydrogens is 174 g/mol. The maximum absolute atomic E-state index is 5.44. The highest BCUT2D eigenvalue weighted by atomic mass is 16.5. The summed E-state index contributed by atoms with van der Waals surface area (Å²) < 4.78 is 5.44. The second kappa shape index (κ2) is 3.11. The predicted octanol–water partition coefficient (Wildman–Crippen LogP) is 3.58. The summed E-state index contributed by atoms with van der Waals surface area (Å²) in [5, 5.41) is 4.18. The predicted molar refractivity (Wildman–Crippen MR) is 58.6 cm³/mol. The van der Waals surface area contributed by atoms with Crippen molar-refractivity contribution in [3.8, 4) is 0 Å². The molecule has 0 atom stereocenters. The van der Waals surface area contributed by atoms with Crippen LogP contribution >= 0.6 is 0 Å². The van der Waals surface area contributed by atoms with Crippen molar-refractivity contribution < 1.29 is 4.52 Å². The van der Waals surface area contributed by atoms with Crippen LogP contribution in [0.15, 0.2) is 4.52 Å². The topological polar surface area (TPSA) is 26.0 Å². The normalized spacial score (nSPS) is 13.4. The molecule has 0 unspecified atom stereocenters. The van der Waals surface area contributed by atoms with Crippen LogP contribution in [0.1, 0.15) is 58.6 Å². The van der Waals surface area contributed by atoms with E-state index >= 15 is 0 Å². The first kappa shape index (κ1) is 11.3. The average Bonchev–Trinajstić information content (AvgIpc) is 2.26. The number of aromatic nitrogens is 1. The lowest BCUT2D eigenvalue weighted by Gasteiger charge is -2.18. The summed E-state index contributed by atoms with van der Waals surface area (Å²) in [6.07, 6.45) is 0. The SMILES string of the molecule is Cc1c(C(C)(C)C)noc1C(C)(C)C. The Morgan fingerprint density at radius 3 is 1.64 bits per heavy atom. The average molecular weight is 195 g/mol. The Hall–Kier alpha value is -0.790. The van der Waals surface area contributed by atoms with Gasteiger partial charge in [-0.2, -0.15) is 0 Å². The molecule has 1 aromatic heterocycles. The fraction of sp³-hybridized carbons (Fsp3) is 0.750. The Bertz CT molecular complexity index is 292. The molecule has 80 valence electrons. The van der Waals surface area contributed by atoms with Crippen LogP contribution in [0, 0.1) is 6.92 Å². The van der Waals surface area contributed by atoms with Gasteiger partial charge in [0.05, 0.1) is 5.69 Å². The molecule has 0 N–H and O–H groups in total. The summed E-state index contributed by atoms with van der Waals surface area (Å²) >= 11 is 0. The monoisotopic (exact) mass is 195 g/mol. The van der Waals surface area contributed by atoms with E-state index in [1.54, 1.807) is 0 Å². The van der Waals surface area contributed by atoms with Crippen molar-refractivity contribution in [3.63, 3.8) is 0 Å². The minimum Gasteiger partial charge on any atom is -0.360 e. The van der Waals surface area contributed by atoms with Gasteiger partial charge in [-0.1, -0.05) is 46.7 Å². The van der Waals surface area contributed by atoms with Gasteiger partial charge < -0.3 is 4.52 Å². The fourth-order valence-electron chi connectivity index (χ4n) is 1.73. The molecule has 2 heteroatoms. The Labute approximate surface area is 86.7 Å². The van der Waals surface area contributed by atoms with Crippen molar-refractivity contribution >= 4 is 0 Å². The molecule has 0 radical (unpaired) electrons. The highest BCUT2D eigenvalue weighted by Gasteiger charge is 2.28. The molecule has 0 aliphatic carbocycles. The van der Waals surface area contributed by atoms with E-state index < -0.39 is 0 Å². The summed E-state index contributed by atoms with van der Waals surface area (Å²) in [6.45, 7) is 15.0. The molecule has 0 aromatic carbocycles. The fourth-order valence-corrected chi connectivity index (χ4v) is 1.73. The quantitative estimate of drug-likeness (QED) is 0.632. The van der Waals surface area contributed by atoms with Crippen molar-refractivity contribution in [1.82, 2.24) is 5.16 Å². The highest BCUT2D eigenvalue weighted by molar-refractivity contribution is 5.30. The smallest absolute Gasteiger partial charge is 0.145 e. The molecule has 14 heavy (non-hydrogen) atoms. The first-order valence-corrected chi connectivity index (χ1v) is 5.11. The van der Waals surface area contributed by atoms with Gasteiger partial charge in [-0.15, -0.1) is 0 Å². The molecule has 1 heterocycles. The molecule has 1 rings (SSSR count). The van der Waals surface area contributed by atoms with Crippen LogP contribution in [0.25, 0.3) is 0 Å². The highest BCUT2D eigenvalue weighted by Crippen LogP contribution is 2.32. The van der Waals surface area contributed by atoms with Crippen LogP contribution in [-0.4, -0.2) is 5.16 Å². The third-order valence-corrected chi connectivity index (χ3v) is 2.32. The Morgan fingerprint density at radius 1 is 0.929 bits per heavy atom. The molecule has 1 aromatic rings. The van der Waals surface area contributed by atoms with E-state index in [4.69, 9.17) is 4.52 Å². The Balaban J connectivity index is 3.23. The second-order valence-electron chi connectivity index (χ2n) is 5.99. The van der Waals surface area contributed by atoms with Gasteiger partial charge in [-0.3, -0.25) is 0 Å².